The summed E-state index contributed by atoms with van der Waals surface area (Å²) in [5, 5.41) is 20.8. The van der Waals surface area contributed by atoms with Gasteiger partial charge in [-0.25, -0.2) is 0 Å². The molecule has 0 amide bonds. The standard InChI is InChI=1S/C13H28N2.C11H24N2.2C10H22N2/c1-4-5-8-15-9-6-13(7-10-15)11-14-12(2)3;1-11(2)12-7-6-10-13-8-4-3-5-9-13;1-9(2)12-8-5-10-3-6-11-7-4-10;1-9(2)12-7-5-10-4-3-6-11-8-10/h12-14H,4-11H2,1-3H3;11-12H,3-10H2,1-2H3;2*9-12H,3-8H2,1-2H3. The van der Waals surface area contributed by atoms with Crippen LogP contribution in [0.3, 0.4) is 0 Å². The van der Waals surface area contributed by atoms with Gasteiger partial charge in [-0.3, -0.25) is 0 Å². The van der Waals surface area contributed by atoms with Gasteiger partial charge in [0.05, 0.1) is 0 Å². The maximum atomic E-state index is 3.55. The molecule has 0 radical (unpaired) electrons. The lowest BCUT2D eigenvalue weighted by Gasteiger charge is -2.32. The van der Waals surface area contributed by atoms with E-state index in [0.717, 1.165) is 17.8 Å². The van der Waals surface area contributed by atoms with Crippen LogP contribution in [0.5, 0.6) is 0 Å². The number of hydrogen-bond donors (Lipinski definition) is 6. The molecule has 0 aromatic rings. The van der Waals surface area contributed by atoms with Crippen molar-refractivity contribution in [3.8, 4) is 0 Å². The molecule has 0 spiro atoms. The second-order valence-corrected chi connectivity index (χ2v) is 17.8. The molecule has 6 N–H and O–H groups in total. The van der Waals surface area contributed by atoms with Gasteiger partial charge in [0.1, 0.15) is 0 Å². The molecule has 0 aliphatic carbocycles. The highest BCUT2D eigenvalue weighted by atomic mass is 15.1. The Morgan fingerprint density at radius 2 is 1.04 bits per heavy atom. The Bertz CT molecular complexity index is 694. The van der Waals surface area contributed by atoms with Crippen LogP contribution in [0.2, 0.25) is 0 Å². The van der Waals surface area contributed by atoms with Crippen LogP contribution in [0.25, 0.3) is 0 Å². The normalized spacial score (nSPS) is 21.1. The number of nitrogens with zero attached hydrogens (tertiary/aromatic N) is 2. The first-order valence-electron chi connectivity index (χ1n) is 22.9. The van der Waals surface area contributed by atoms with E-state index in [1.165, 1.54) is 182 Å². The van der Waals surface area contributed by atoms with E-state index in [-0.39, 0.29) is 0 Å². The molecule has 0 aromatic heterocycles. The Morgan fingerprint density at radius 1 is 0.500 bits per heavy atom. The summed E-state index contributed by atoms with van der Waals surface area (Å²) in [6.45, 7) is 37.6. The van der Waals surface area contributed by atoms with Crippen molar-refractivity contribution in [1.29, 1.82) is 0 Å². The highest BCUT2D eigenvalue weighted by molar-refractivity contribution is 4.75. The fourth-order valence-corrected chi connectivity index (χ4v) is 7.57. The minimum absolute atomic E-state index is 0.640. The fourth-order valence-electron chi connectivity index (χ4n) is 7.57. The number of piperidine rings is 4. The van der Waals surface area contributed by atoms with E-state index >= 15 is 0 Å². The van der Waals surface area contributed by atoms with Gasteiger partial charge in [-0.05, 0) is 186 Å². The van der Waals surface area contributed by atoms with Crippen LogP contribution in [-0.4, -0.2) is 126 Å². The van der Waals surface area contributed by atoms with Crippen LogP contribution < -0.4 is 31.9 Å². The Morgan fingerprint density at radius 3 is 1.58 bits per heavy atom. The minimum atomic E-state index is 0.640. The molecule has 4 saturated heterocycles. The van der Waals surface area contributed by atoms with Gasteiger partial charge in [-0.2, -0.15) is 0 Å². The van der Waals surface area contributed by atoms with E-state index in [4.69, 9.17) is 0 Å². The van der Waals surface area contributed by atoms with Crippen LogP contribution in [0.4, 0.5) is 0 Å². The molecule has 1 unspecified atom stereocenters. The maximum Gasteiger partial charge on any atom is 0.00104 e. The zero-order valence-electron chi connectivity index (χ0n) is 36.7. The SMILES string of the molecule is CC(C)NCCC1CCCNC1.CC(C)NCCC1CCNCC1.CC(C)NCCCN1CCCCC1.CCCCN1CCC(CNC(C)C)CC1. The second kappa shape index (κ2) is 34.0. The topological polar surface area (TPSA) is 78.7 Å². The predicted molar refractivity (Wildman–Crippen MR) is 232 cm³/mol. The maximum absolute atomic E-state index is 3.55. The monoisotopic (exact) mass is 737 g/mol. The Hall–Kier alpha value is -0.320. The highest BCUT2D eigenvalue weighted by Gasteiger charge is 2.18. The molecular formula is C44H96N8. The highest BCUT2D eigenvalue weighted by Crippen LogP contribution is 2.17. The number of likely N-dealkylation sites (tertiary alicyclic amines) is 2. The zero-order valence-corrected chi connectivity index (χ0v) is 36.7. The minimum Gasteiger partial charge on any atom is -0.317 e. The van der Waals surface area contributed by atoms with Crippen LogP contribution in [0.15, 0.2) is 0 Å². The summed E-state index contributed by atoms with van der Waals surface area (Å²) in [7, 11) is 0. The Balaban J connectivity index is 0.000000348. The largest absolute Gasteiger partial charge is 0.317 e. The van der Waals surface area contributed by atoms with Crippen LogP contribution in [0, 0.1) is 17.8 Å². The van der Waals surface area contributed by atoms with Crippen molar-refractivity contribution in [2.75, 3.05) is 91.6 Å². The van der Waals surface area contributed by atoms with Crippen molar-refractivity contribution in [2.45, 2.75) is 176 Å². The molecule has 4 aliphatic rings. The predicted octanol–water partition coefficient (Wildman–Crippen LogP) is 7.11. The first kappa shape index (κ1) is 49.7. The van der Waals surface area contributed by atoms with Crippen molar-refractivity contribution < 1.29 is 0 Å². The van der Waals surface area contributed by atoms with Crippen LogP contribution >= 0.6 is 0 Å². The average Bonchev–Trinajstić information content (AvgIpc) is 3.14. The van der Waals surface area contributed by atoms with Gasteiger partial charge in [-0.1, -0.05) is 75.2 Å². The van der Waals surface area contributed by atoms with Gasteiger partial charge in [0, 0.05) is 24.2 Å². The molecule has 8 nitrogen and oxygen atoms in total. The molecular weight excluding hydrogens is 641 g/mol. The summed E-state index contributed by atoms with van der Waals surface area (Å²) in [5.74, 6) is 2.81. The lowest BCUT2D eigenvalue weighted by molar-refractivity contribution is 0.179. The van der Waals surface area contributed by atoms with E-state index in [2.05, 4.69) is 104 Å². The summed E-state index contributed by atoms with van der Waals surface area (Å²) in [6, 6.07) is 2.57. The molecule has 52 heavy (non-hydrogen) atoms. The third kappa shape index (κ3) is 30.9. The lowest BCUT2D eigenvalue weighted by atomic mass is 9.95. The molecule has 0 aromatic carbocycles. The van der Waals surface area contributed by atoms with Crippen molar-refractivity contribution >= 4 is 0 Å². The van der Waals surface area contributed by atoms with E-state index < -0.39 is 0 Å². The first-order chi connectivity index (χ1) is 25.1. The van der Waals surface area contributed by atoms with Crippen molar-refractivity contribution in [3.05, 3.63) is 0 Å². The molecule has 4 aliphatic heterocycles. The molecule has 4 fully saturated rings. The smallest absolute Gasteiger partial charge is 0.00104 e. The molecule has 0 saturated carbocycles. The lowest BCUT2D eigenvalue weighted by Crippen LogP contribution is -2.39. The van der Waals surface area contributed by atoms with Crippen LogP contribution in [0.1, 0.15) is 152 Å². The summed E-state index contributed by atoms with van der Waals surface area (Å²) >= 11 is 0. The second-order valence-electron chi connectivity index (χ2n) is 17.8. The number of nitrogens with one attached hydrogen (secondary N) is 6. The fraction of sp³-hybridized carbons (Fsp3) is 1.00. The van der Waals surface area contributed by atoms with E-state index in [1.54, 1.807) is 0 Å². The molecule has 4 heterocycles. The van der Waals surface area contributed by atoms with Gasteiger partial charge < -0.3 is 41.7 Å². The van der Waals surface area contributed by atoms with Gasteiger partial charge in [0.15, 0.2) is 0 Å². The van der Waals surface area contributed by atoms with Crippen molar-refractivity contribution in [3.63, 3.8) is 0 Å². The van der Waals surface area contributed by atoms with Crippen LogP contribution in [-0.2, 0) is 0 Å². The quantitative estimate of drug-likeness (QED) is 0.0785. The first-order valence-corrected chi connectivity index (χ1v) is 22.9. The third-order valence-corrected chi connectivity index (χ3v) is 11.1. The van der Waals surface area contributed by atoms with E-state index in [0.29, 0.717) is 24.2 Å². The third-order valence-electron chi connectivity index (χ3n) is 11.1. The molecule has 4 rings (SSSR count). The van der Waals surface area contributed by atoms with Crippen molar-refractivity contribution in [1.82, 2.24) is 41.7 Å². The van der Waals surface area contributed by atoms with Crippen molar-refractivity contribution in [2.24, 2.45) is 17.8 Å². The van der Waals surface area contributed by atoms with E-state index in [9.17, 15) is 0 Å². The van der Waals surface area contributed by atoms with Gasteiger partial charge in [0.25, 0.3) is 0 Å². The van der Waals surface area contributed by atoms with Gasteiger partial charge in [0.2, 0.25) is 0 Å². The number of hydrogen-bond acceptors (Lipinski definition) is 8. The Labute approximate surface area is 326 Å². The average molecular weight is 737 g/mol. The number of rotatable bonds is 19. The molecule has 8 heteroatoms. The summed E-state index contributed by atoms with van der Waals surface area (Å²) in [4.78, 5) is 5.24. The summed E-state index contributed by atoms with van der Waals surface area (Å²) in [5.41, 5.74) is 0. The van der Waals surface area contributed by atoms with Gasteiger partial charge >= 0.3 is 0 Å². The molecule has 1 atom stereocenters. The summed E-state index contributed by atoms with van der Waals surface area (Å²) < 4.78 is 0. The zero-order chi connectivity index (χ0) is 38.2. The van der Waals surface area contributed by atoms with E-state index in [1.807, 2.05) is 0 Å². The Kier molecular flexibility index (Phi) is 32.5. The molecule has 312 valence electrons. The molecule has 0 bridgehead atoms. The van der Waals surface area contributed by atoms with Gasteiger partial charge in [-0.15, -0.1) is 0 Å². The summed E-state index contributed by atoms with van der Waals surface area (Å²) in [6.07, 6.45) is 19.3. The number of unbranched alkanes of at least 4 members (excludes halogenated alkanes) is 1.